The predicted molar refractivity (Wildman–Crippen MR) is 116 cm³/mol. The molecule has 1 heterocycles. The SMILES string of the molecule is C=CCOc1ccccc1CNC(=NC)NCCCOC1CCOC1.I. The highest BCUT2D eigenvalue weighted by Crippen LogP contribution is 2.17. The lowest BCUT2D eigenvalue weighted by atomic mass is 10.2. The largest absolute Gasteiger partial charge is 0.489 e. The van der Waals surface area contributed by atoms with Crippen molar-refractivity contribution in [2.24, 2.45) is 4.99 Å². The molecule has 1 aromatic rings. The second-order valence-corrected chi connectivity index (χ2v) is 5.77. The quantitative estimate of drug-likeness (QED) is 0.179. The van der Waals surface area contributed by atoms with Gasteiger partial charge in [-0.25, -0.2) is 0 Å². The summed E-state index contributed by atoms with van der Waals surface area (Å²) < 4.78 is 16.7. The molecular weight excluding hydrogens is 445 g/mol. The molecule has 0 saturated carbocycles. The lowest BCUT2D eigenvalue weighted by Gasteiger charge is -2.15. The number of halogens is 1. The molecule has 26 heavy (non-hydrogen) atoms. The summed E-state index contributed by atoms with van der Waals surface area (Å²) in [5.74, 6) is 1.63. The maximum absolute atomic E-state index is 5.75. The minimum Gasteiger partial charge on any atom is -0.489 e. The van der Waals surface area contributed by atoms with E-state index in [4.69, 9.17) is 14.2 Å². The molecule has 0 radical (unpaired) electrons. The summed E-state index contributed by atoms with van der Waals surface area (Å²) in [6, 6.07) is 7.96. The van der Waals surface area contributed by atoms with Crippen molar-refractivity contribution in [3.63, 3.8) is 0 Å². The van der Waals surface area contributed by atoms with E-state index < -0.39 is 0 Å². The molecule has 1 saturated heterocycles. The Bertz CT molecular complexity index is 549. The predicted octanol–water partition coefficient (Wildman–Crippen LogP) is 2.73. The van der Waals surface area contributed by atoms with Crippen LogP contribution in [-0.4, -0.2) is 52.1 Å². The van der Waals surface area contributed by atoms with Crippen LogP contribution in [0.15, 0.2) is 41.9 Å². The fourth-order valence-corrected chi connectivity index (χ4v) is 2.51. The lowest BCUT2D eigenvalue weighted by molar-refractivity contribution is 0.0420. The molecule has 146 valence electrons. The van der Waals surface area contributed by atoms with Gasteiger partial charge in [-0.2, -0.15) is 0 Å². The highest BCUT2D eigenvalue weighted by molar-refractivity contribution is 14.0. The smallest absolute Gasteiger partial charge is 0.191 e. The summed E-state index contributed by atoms with van der Waals surface area (Å²) >= 11 is 0. The van der Waals surface area contributed by atoms with E-state index in [2.05, 4.69) is 22.2 Å². The van der Waals surface area contributed by atoms with Crippen LogP contribution in [0.4, 0.5) is 0 Å². The monoisotopic (exact) mass is 475 g/mol. The van der Waals surface area contributed by atoms with Crippen LogP contribution in [0.1, 0.15) is 18.4 Å². The summed E-state index contributed by atoms with van der Waals surface area (Å²) in [7, 11) is 1.77. The molecule has 6 nitrogen and oxygen atoms in total. The Hall–Kier alpha value is -1.32. The minimum atomic E-state index is 0. The fraction of sp³-hybridized carbons (Fsp3) is 0.526. The average Bonchev–Trinajstić information content (AvgIpc) is 3.16. The Morgan fingerprint density at radius 1 is 1.38 bits per heavy atom. The highest BCUT2D eigenvalue weighted by Gasteiger charge is 2.15. The molecule has 1 fully saturated rings. The lowest BCUT2D eigenvalue weighted by Crippen LogP contribution is -2.37. The van der Waals surface area contributed by atoms with Gasteiger partial charge in [0.1, 0.15) is 12.4 Å². The van der Waals surface area contributed by atoms with Gasteiger partial charge in [-0.05, 0) is 18.9 Å². The van der Waals surface area contributed by atoms with E-state index in [0.29, 0.717) is 13.2 Å². The van der Waals surface area contributed by atoms with Gasteiger partial charge in [0.2, 0.25) is 0 Å². The van der Waals surface area contributed by atoms with Crippen LogP contribution in [0.5, 0.6) is 5.75 Å². The maximum atomic E-state index is 5.75. The Balaban J connectivity index is 0.00000338. The summed E-state index contributed by atoms with van der Waals surface area (Å²) in [5.41, 5.74) is 1.08. The van der Waals surface area contributed by atoms with Gasteiger partial charge in [0.25, 0.3) is 0 Å². The fourth-order valence-electron chi connectivity index (χ4n) is 2.51. The molecule has 0 aromatic heterocycles. The number of aliphatic imine (C=N–C) groups is 1. The first-order valence-electron chi connectivity index (χ1n) is 8.79. The van der Waals surface area contributed by atoms with E-state index in [0.717, 1.165) is 56.5 Å². The van der Waals surface area contributed by atoms with Crippen LogP contribution in [0.25, 0.3) is 0 Å². The van der Waals surface area contributed by atoms with Crippen molar-refractivity contribution in [2.75, 3.05) is 40.0 Å². The zero-order valence-electron chi connectivity index (χ0n) is 15.4. The van der Waals surface area contributed by atoms with Crippen LogP contribution in [-0.2, 0) is 16.0 Å². The Morgan fingerprint density at radius 2 is 2.23 bits per heavy atom. The average molecular weight is 475 g/mol. The van der Waals surface area contributed by atoms with E-state index in [1.54, 1.807) is 13.1 Å². The first-order chi connectivity index (χ1) is 12.3. The standard InChI is InChI=1S/C19H29N3O3.HI/c1-3-11-25-18-8-5-4-7-16(18)14-22-19(20-2)21-10-6-12-24-17-9-13-23-15-17;/h3-5,7-8,17H,1,6,9-15H2,2H3,(H2,20,21,22);1H. The number of hydrogen-bond donors (Lipinski definition) is 2. The summed E-state index contributed by atoms with van der Waals surface area (Å²) in [4.78, 5) is 4.25. The molecule has 0 bridgehead atoms. The van der Waals surface area contributed by atoms with E-state index in [9.17, 15) is 0 Å². The summed E-state index contributed by atoms with van der Waals surface area (Å²) in [6.07, 6.45) is 3.94. The van der Waals surface area contributed by atoms with Crippen molar-refractivity contribution in [3.05, 3.63) is 42.5 Å². The van der Waals surface area contributed by atoms with Gasteiger partial charge < -0.3 is 24.8 Å². The van der Waals surface area contributed by atoms with E-state index in [-0.39, 0.29) is 30.1 Å². The second-order valence-electron chi connectivity index (χ2n) is 5.77. The van der Waals surface area contributed by atoms with Gasteiger partial charge >= 0.3 is 0 Å². The summed E-state index contributed by atoms with van der Waals surface area (Å²) in [5, 5.41) is 6.61. The number of nitrogens with one attached hydrogen (secondary N) is 2. The number of ether oxygens (including phenoxy) is 3. The van der Waals surface area contributed by atoms with Crippen molar-refractivity contribution >= 4 is 29.9 Å². The first-order valence-corrected chi connectivity index (χ1v) is 8.79. The molecular formula is C19H30IN3O3. The molecule has 1 aliphatic heterocycles. The zero-order chi connectivity index (χ0) is 17.7. The third-order valence-electron chi connectivity index (χ3n) is 3.85. The zero-order valence-corrected chi connectivity index (χ0v) is 17.7. The van der Waals surface area contributed by atoms with Gasteiger partial charge in [-0.1, -0.05) is 30.9 Å². The van der Waals surface area contributed by atoms with Crippen LogP contribution in [0, 0.1) is 0 Å². The molecule has 2 rings (SSSR count). The number of guanidine groups is 1. The van der Waals surface area contributed by atoms with Gasteiger partial charge in [-0.15, -0.1) is 24.0 Å². The van der Waals surface area contributed by atoms with Crippen molar-refractivity contribution in [1.29, 1.82) is 0 Å². The molecule has 1 aromatic carbocycles. The van der Waals surface area contributed by atoms with Crippen LogP contribution < -0.4 is 15.4 Å². The van der Waals surface area contributed by atoms with Crippen molar-refractivity contribution in [1.82, 2.24) is 10.6 Å². The molecule has 1 aliphatic rings. The van der Waals surface area contributed by atoms with E-state index in [1.165, 1.54) is 0 Å². The molecule has 2 N–H and O–H groups in total. The Labute approximate surface area is 173 Å². The number of rotatable bonds is 10. The number of benzene rings is 1. The molecule has 1 unspecified atom stereocenters. The van der Waals surface area contributed by atoms with Gasteiger partial charge in [0.05, 0.1) is 12.7 Å². The Kier molecular flexibility index (Phi) is 12.1. The van der Waals surface area contributed by atoms with Crippen LogP contribution in [0.3, 0.4) is 0 Å². The first kappa shape index (κ1) is 22.7. The maximum Gasteiger partial charge on any atom is 0.191 e. The van der Waals surface area contributed by atoms with E-state index in [1.807, 2.05) is 24.3 Å². The third kappa shape index (κ3) is 8.37. The highest BCUT2D eigenvalue weighted by atomic mass is 127. The molecule has 7 heteroatoms. The number of hydrogen-bond acceptors (Lipinski definition) is 4. The molecule has 0 spiro atoms. The van der Waals surface area contributed by atoms with Crippen molar-refractivity contribution < 1.29 is 14.2 Å². The molecule has 0 amide bonds. The molecule has 1 atom stereocenters. The molecule has 0 aliphatic carbocycles. The van der Waals surface area contributed by atoms with Gasteiger partial charge in [0.15, 0.2) is 5.96 Å². The second kappa shape index (κ2) is 13.8. The van der Waals surface area contributed by atoms with E-state index >= 15 is 0 Å². The van der Waals surface area contributed by atoms with Crippen molar-refractivity contribution in [3.8, 4) is 5.75 Å². The normalized spacial score (nSPS) is 16.7. The summed E-state index contributed by atoms with van der Waals surface area (Å²) in [6.45, 7) is 7.90. The minimum absolute atomic E-state index is 0. The van der Waals surface area contributed by atoms with Crippen LogP contribution >= 0.6 is 24.0 Å². The van der Waals surface area contributed by atoms with Crippen LogP contribution in [0.2, 0.25) is 0 Å². The van der Waals surface area contributed by atoms with Crippen molar-refractivity contribution in [2.45, 2.75) is 25.5 Å². The Morgan fingerprint density at radius 3 is 2.96 bits per heavy atom. The number of nitrogens with zero attached hydrogens (tertiary/aromatic N) is 1. The van der Waals surface area contributed by atoms with Gasteiger partial charge in [-0.3, -0.25) is 4.99 Å². The number of para-hydroxylation sites is 1. The van der Waals surface area contributed by atoms with Gasteiger partial charge in [0, 0.05) is 38.9 Å². The topological polar surface area (TPSA) is 64.1 Å². The third-order valence-corrected chi connectivity index (χ3v) is 3.85.